The average Bonchev–Trinajstić information content (AvgIpc) is 2.71. The van der Waals surface area contributed by atoms with Crippen LogP contribution in [0, 0.1) is 0 Å². The van der Waals surface area contributed by atoms with E-state index in [4.69, 9.17) is 4.74 Å². The highest BCUT2D eigenvalue weighted by molar-refractivity contribution is 5.89. The summed E-state index contributed by atoms with van der Waals surface area (Å²) in [4.78, 5) is 23.7. The van der Waals surface area contributed by atoms with Crippen LogP contribution in [-0.2, 0) is 9.53 Å². The Morgan fingerprint density at radius 1 is 0.963 bits per heavy atom. The van der Waals surface area contributed by atoms with Crippen LogP contribution in [0.4, 0.5) is 0 Å². The molecule has 3 aromatic rings. The second kappa shape index (κ2) is 8.36. The molecule has 0 fully saturated rings. The molecule has 0 saturated heterocycles. The van der Waals surface area contributed by atoms with Gasteiger partial charge in [-0.3, -0.25) is 4.79 Å². The molecular formula is C22H21NO4. The van der Waals surface area contributed by atoms with E-state index in [1.807, 2.05) is 37.3 Å². The topological polar surface area (TPSA) is 64.6 Å². The van der Waals surface area contributed by atoms with Crippen molar-refractivity contribution >= 4 is 22.6 Å². The summed E-state index contributed by atoms with van der Waals surface area (Å²) >= 11 is 0. The van der Waals surface area contributed by atoms with Crippen molar-refractivity contribution in [2.75, 3.05) is 13.7 Å². The van der Waals surface area contributed by atoms with Crippen molar-refractivity contribution in [1.29, 1.82) is 0 Å². The lowest BCUT2D eigenvalue weighted by Gasteiger charge is -2.17. The molecule has 0 aromatic heterocycles. The van der Waals surface area contributed by atoms with Crippen molar-refractivity contribution in [3.05, 3.63) is 77.9 Å². The van der Waals surface area contributed by atoms with Crippen LogP contribution in [0.3, 0.4) is 0 Å². The molecule has 1 N–H and O–H groups in total. The molecule has 0 aliphatic carbocycles. The molecular weight excluding hydrogens is 342 g/mol. The fourth-order valence-corrected chi connectivity index (χ4v) is 2.94. The Labute approximate surface area is 157 Å². The summed E-state index contributed by atoms with van der Waals surface area (Å²) in [7, 11) is 1.33. The molecule has 0 heterocycles. The van der Waals surface area contributed by atoms with Crippen molar-refractivity contribution in [3.63, 3.8) is 0 Å². The van der Waals surface area contributed by atoms with Crippen LogP contribution in [0.2, 0.25) is 0 Å². The van der Waals surface area contributed by atoms with Gasteiger partial charge in [0.1, 0.15) is 5.75 Å². The maximum absolute atomic E-state index is 12.2. The highest BCUT2D eigenvalue weighted by Crippen LogP contribution is 2.24. The maximum Gasteiger partial charge on any atom is 0.337 e. The van der Waals surface area contributed by atoms with Crippen LogP contribution in [-0.4, -0.2) is 25.6 Å². The zero-order valence-corrected chi connectivity index (χ0v) is 15.3. The third kappa shape index (κ3) is 4.44. The largest absolute Gasteiger partial charge is 0.484 e. The monoisotopic (exact) mass is 363 g/mol. The SMILES string of the molecule is COC(=O)c1ccc(OCC(=O)N[C@@H](C)c2cccc3ccccc23)cc1. The average molecular weight is 363 g/mol. The second-order valence-corrected chi connectivity index (χ2v) is 6.16. The molecule has 0 bridgehead atoms. The van der Waals surface area contributed by atoms with Gasteiger partial charge in [0.25, 0.3) is 5.91 Å². The molecule has 0 unspecified atom stereocenters. The Bertz CT molecular complexity index is 945. The molecule has 3 aromatic carbocycles. The number of hydrogen-bond donors (Lipinski definition) is 1. The molecule has 0 saturated carbocycles. The Hall–Kier alpha value is -3.34. The molecule has 3 rings (SSSR count). The lowest BCUT2D eigenvalue weighted by Crippen LogP contribution is -2.31. The minimum absolute atomic E-state index is 0.104. The van der Waals surface area contributed by atoms with E-state index in [-0.39, 0.29) is 18.6 Å². The van der Waals surface area contributed by atoms with Gasteiger partial charge < -0.3 is 14.8 Å². The van der Waals surface area contributed by atoms with E-state index in [1.54, 1.807) is 24.3 Å². The number of benzene rings is 3. The molecule has 5 heteroatoms. The number of nitrogens with one attached hydrogen (secondary N) is 1. The van der Waals surface area contributed by atoms with E-state index in [0.29, 0.717) is 11.3 Å². The van der Waals surface area contributed by atoms with Crippen LogP contribution in [0.15, 0.2) is 66.7 Å². The zero-order valence-electron chi connectivity index (χ0n) is 15.3. The number of esters is 1. The quantitative estimate of drug-likeness (QED) is 0.675. The Kier molecular flexibility index (Phi) is 5.71. The van der Waals surface area contributed by atoms with E-state index >= 15 is 0 Å². The lowest BCUT2D eigenvalue weighted by molar-refractivity contribution is -0.123. The molecule has 0 spiro atoms. The van der Waals surface area contributed by atoms with Crippen LogP contribution in [0.5, 0.6) is 5.75 Å². The number of rotatable bonds is 6. The second-order valence-electron chi connectivity index (χ2n) is 6.16. The number of carbonyl (C=O) groups excluding carboxylic acids is 2. The van der Waals surface area contributed by atoms with E-state index in [0.717, 1.165) is 16.3 Å². The summed E-state index contributed by atoms with van der Waals surface area (Å²) < 4.78 is 10.1. The first kappa shape index (κ1) is 18.5. The van der Waals surface area contributed by atoms with E-state index in [2.05, 4.69) is 22.2 Å². The van der Waals surface area contributed by atoms with E-state index in [1.165, 1.54) is 7.11 Å². The molecule has 0 radical (unpaired) electrons. The number of amides is 1. The predicted octanol–water partition coefficient (Wildman–Crippen LogP) is 3.88. The van der Waals surface area contributed by atoms with E-state index in [9.17, 15) is 9.59 Å². The van der Waals surface area contributed by atoms with Crippen LogP contribution in [0.25, 0.3) is 10.8 Å². The summed E-state index contributed by atoms with van der Waals surface area (Å²) in [5.74, 6) is -0.119. The minimum atomic E-state index is -0.414. The fraction of sp³-hybridized carbons (Fsp3) is 0.182. The first-order valence-corrected chi connectivity index (χ1v) is 8.66. The number of hydrogen-bond acceptors (Lipinski definition) is 4. The number of ether oxygens (including phenoxy) is 2. The standard InChI is InChI=1S/C22H21NO4/c1-15(19-9-5-7-16-6-3-4-8-20(16)19)23-21(24)14-27-18-12-10-17(11-13-18)22(25)26-2/h3-13,15H,14H2,1-2H3,(H,23,24)/t15-/m0/s1. The van der Waals surface area contributed by atoms with Gasteiger partial charge in [0.05, 0.1) is 18.7 Å². The summed E-state index contributed by atoms with van der Waals surface area (Å²) in [5, 5.41) is 5.21. The van der Waals surface area contributed by atoms with Gasteiger partial charge in [-0.1, -0.05) is 42.5 Å². The van der Waals surface area contributed by atoms with Gasteiger partial charge in [-0.05, 0) is 47.5 Å². The summed E-state index contributed by atoms with van der Waals surface area (Å²) in [6.07, 6.45) is 0. The van der Waals surface area contributed by atoms with Crippen LogP contribution in [0.1, 0.15) is 28.9 Å². The Balaban J connectivity index is 1.59. The van der Waals surface area contributed by atoms with Crippen molar-refractivity contribution in [2.24, 2.45) is 0 Å². The van der Waals surface area contributed by atoms with Crippen molar-refractivity contribution in [2.45, 2.75) is 13.0 Å². The molecule has 5 nitrogen and oxygen atoms in total. The van der Waals surface area contributed by atoms with Crippen LogP contribution < -0.4 is 10.1 Å². The first-order chi connectivity index (χ1) is 13.1. The molecule has 1 amide bonds. The summed E-state index contributed by atoms with van der Waals surface area (Å²) in [6, 6.07) is 20.4. The Morgan fingerprint density at radius 3 is 2.41 bits per heavy atom. The fourth-order valence-electron chi connectivity index (χ4n) is 2.94. The molecule has 0 aliphatic heterocycles. The van der Waals surface area contributed by atoms with Crippen molar-refractivity contribution in [1.82, 2.24) is 5.32 Å². The van der Waals surface area contributed by atoms with Gasteiger partial charge in [0.15, 0.2) is 6.61 Å². The summed E-state index contributed by atoms with van der Waals surface area (Å²) in [6.45, 7) is 1.84. The minimum Gasteiger partial charge on any atom is -0.484 e. The lowest BCUT2D eigenvalue weighted by atomic mass is 10.00. The first-order valence-electron chi connectivity index (χ1n) is 8.66. The Morgan fingerprint density at radius 2 is 1.67 bits per heavy atom. The summed E-state index contributed by atoms with van der Waals surface area (Å²) in [5.41, 5.74) is 1.49. The number of carbonyl (C=O) groups is 2. The molecule has 1 atom stereocenters. The third-order valence-electron chi connectivity index (χ3n) is 4.31. The van der Waals surface area contributed by atoms with Gasteiger partial charge in [0.2, 0.25) is 0 Å². The molecule has 0 aliphatic rings. The highest BCUT2D eigenvalue weighted by atomic mass is 16.5. The van der Waals surface area contributed by atoms with Crippen molar-refractivity contribution < 1.29 is 19.1 Å². The van der Waals surface area contributed by atoms with Crippen molar-refractivity contribution in [3.8, 4) is 5.75 Å². The van der Waals surface area contributed by atoms with Gasteiger partial charge >= 0.3 is 5.97 Å². The molecule has 138 valence electrons. The predicted molar refractivity (Wildman–Crippen MR) is 104 cm³/mol. The highest BCUT2D eigenvalue weighted by Gasteiger charge is 2.13. The van der Waals surface area contributed by atoms with Gasteiger partial charge in [0, 0.05) is 0 Å². The van der Waals surface area contributed by atoms with Gasteiger partial charge in [-0.2, -0.15) is 0 Å². The van der Waals surface area contributed by atoms with Gasteiger partial charge in [-0.15, -0.1) is 0 Å². The third-order valence-corrected chi connectivity index (χ3v) is 4.31. The maximum atomic E-state index is 12.2. The van der Waals surface area contributed by atoms with Gasteiger partial charge in [-0.25, -0.2) is 4.79 Å². The normalized spacial score (nSPS) is 11.6. The van der Waals surface area contributed by atoms with Crippen LogP contribution >= 0.6 is 0 Å². The molecule has 27 heavy (non-hydrogen) atoms. The smallest absolute Gasteiger partial charge is 0.337 e. The van der Waals surface area contributed by atoms with E-state index < -0.39 is 5.97 Å². The zero-order chi connectivity index (χ0) is 19.2. The number of fused-ring (bicyclic) bond motifs is 1. The number of methoxy groups -OCH3 is 1.